The molecule has 0 unspecified atom stereocenters. The highest BCUT2D eigenvalue weighted by atomic mass is 35.5. The van der Waals surface area contributed by atoms with Crippen LogP contribution in [0.1, 0.15) is 45.0 Å². The van der Waals surface area contributed by atoms with Gasteiger partial charge in [0.15, 0.2) is 5.13 Å². The van der Waals surface area contributed by atoms with Crippen LogP contribution >= 0.6 is 34.5 Å². The lowest BCUT2D eigenvalue weighted by molar-refractivity contribution is -0.132. The van der Waals surface area contributed by atoms with Crippen molar-refractivity contribution in [2.45, 2.75) is 26.8 Å². The second-order valence-corrected chi connectivity index (χ2v) is 9.63. The number of amides is 1. The fourth-order valence-electron chi connectivity index (χ4n) is 3.77. The number of aliphatic hydroxyl groups is 1. The molecule has 180 valence electrons. The van der Waals surface area contributed by atoms with Gasteiger partial charge in [-0.25, -0.2) is 9.78 Å². The monoisotopic (exact) mass is 530 g/mol. The number of carbonyl (C=O) groups excluding carboxylic acids is 3. The molecular weight excluding hydrogens is 511 g/mol. The van der Waals surface area contributed by atoms with Gasteiger partial charge in [-0.3, -0.25) is 14.5 Å². The first-order chi connectivity index (χ1) is 16.6. The van der Waals surface area contributed by atoms with Gasteiger partial charge in [0.25, 0.3) is 5.78 Å². The van der Waals surface area contributed by atoms with E-state index in [-0.39, 0.29) is 33.0 Å². The Bertz CT molecular complexity index is 1380. The van der Waals surface area contributed by atoms with Crippen LogP contribution in [0, 0.1) is 13.8 Å². The van der Waals surface area contributed by atoms with Crippen LogP contribution in [-0.2, 0) is 14.3 Å². The van der Waals surface area contributed by atoms with Crippen molar-refractivity contribution in [1.82, 2.24) is 4.98 Å². The maximum Gasteiger partial charge on any atom is 0.350 e. The Labute approximate surface area is 215 Å². The van der Waals surface area contributed by atoms with E-state index in [1.807, 2.05) is 6.92 Å². The van der Waals surface area contributed by atoms with Crippen LogP contribution in [0.2, 0.25) is 10.0 Å². The number of ether oxygens (including phenoxy) is 1. The van der Waals surface area contributed by atoms with Gasteiger partial charge in [-0.05, 0) is 38.5 Å². The van der Waals surface area contributed by atoms with Gasteiger partial charge in [-0.1, -0.05) is 70.4 Å². The van der Waals surface area contributed by atoms with Crippen LogP contribution in [0.15, 0.2) is 48.0 Å². The number of hydrogen-bond donors (Lipinski definition) is 1. The normalized spacial score (nSPS) is 17.2. The molecule has 2 aromatic carbocycles. The largest absolute Gasteiger partial charge is 0.507 e. The molecular formula is C25H20Cl2N2O5S. The van der Waals surface area contributed by atoms with Crippen molar-refractivity contribution in [3.05, 3.63) is 85.3 Å². The van der Waals surface area contributed by atoms with Crippen LogP contribution in [0.25, 0.3) is 5.76 Å². The summed E-state index contributed by atoms with van der Waals surface area (Å²) in [4.78, 5) is 44.7. The molecule has 3 aromatic rings. The van der Waals surface area contributed by atoms with E-state index >= 15 is 0 Å². The minimum atomic E-state index is -1.05. The van der Waals surface area contributed by atoms with E-state index in [9.17, 15) is 19.5 Å². The molecule has 4 rings (SSSR count). The van der Waals surface area contributed by atoms with Crippen molar-refractivity contribution in [2.75, 3.05) is 11.5 Å². The number of anilines is 1. The first-order valence-corrected chi connectivity index (χ1v) is 12.2. The third-order valence-electron chi connectivity index (χ3n) is 5.48. The summed E-state index contributed by atoms with van der Waals surface area (Å²) in [5.74, 6) is -2.68. The second-order valence-electron chi connectivity index (χ2n) is 7.84. The van der Waals surface area contributed by atoms with Crippen molar-refractivity contribution in [2.24, 2.45) is 0 Å². The van der Waals surface area contributed by atoms with Crippen molar-refractivity contribution in [3.63, 3.8) is 0 Å². The topological polar surface area (TPSA) is 96.8 Å². The molecule has 10 heteroatoms. The molecule has 0 aliphatic carbocycles. The van der Waals surface area contributed by atoms with E-state index in [1.54, 1.807) is 50.2 Å². The maximum absolute atomic E-state index is 13.3. The molecule has 0 radical (unpaired) electrons. The molecule has 1 aromatic heterocycles. The number of thiazole rings is 1. The SMILES string of the molecule is CCOC(=O)c1sc(N2C(=O)C(=O)C(=C(O)c3ccc(C)cc3)[C@H]2c2ccc(Cl)c(Cl)c2)nc1C. The van der Waals surface area contributed by atoms with Crippen LogP contribution in [0.5, 0.6) is 0 Å². The molecule has 1 atom stereocenters. The van der Waals surface area contributed by atoms with Gasteiger partial charge >= 0.3 is 11.9 Å². The smallest absolute Gasteiger partial charge is 0.350 e. The summed E-state index contributed by atoms with van der Waals surface area (Å²) in [6.45, 7) is 5.37. The van der Waals surface area contributed by atoms with Crippen molar-refractivity contribution < 1.29 is 24.2 Å². The Morgan fingerprint density at radius 3 is 2.43 bits per heavy atom. The minimum absolute atomic E-state index is 0.117. The lowest BCUT2D eigenvalue weighted by Gasteiger charge is -2.23. The molecule has 1 fully saturated rings. The summed E-state index contributed by atoms with van der Waals surface area (Å²) >= 11 is 13.3. The summed E-state index contributed by atoms with van der Waals surface area (Å²) < 4.78 is 5.08. The van der Waals surface area contributed by atoms with E-state index in [2.05, 4.69) is 4.98 Å². The zero-order valence-corrected chi connectivity index (χ0v) is 21.3. The molecule has 0 saturated carbocycles. The Kier molecular flexibility index (Phi) is 6.98. The predicted octanol–water partition coefficient (Wildman–Crippen LogP) is 5.87. The van der Waals surface area contributed by atoms with Gasteiger partial charge in [-0.2, -0.15) is 0 Å². The van der Waals surface area contributed by atoms with Crippen LogP contribution in [0.3, 0.4) is 0 Å². The average molecular weight is 531 g/mol. The Morgan fingerprint density at radius 1 is 1.11 bits per heavy atom. The molecule has 2 heterocycles. The quantitative estimate of drug-likeness (QED) is 0.192. The molecule has 0 spiro atoms. The highest BCUT2D eigenvalue weighted by molar-refractivity contribution is 7.17. The zero-order valence-electron chi connectivity index (χ0n) is 19.0. The van der Waals surface area contributed by atoms with Gasteiger partial charge in [-0.15, -0.1) is 0 Å². The Balaban J connectivity index is 1.93. The Hall–Kier alpha value is -3.20. The lowest BCUT2D eigenvalue weighted by Crippen LogP contribution is -2.29. The van der Waals surface area contributed by atoms with Crippen LogP contribution in [0.4, 0.5) is 5.13 Å². The molecule has 1 saturated heterocycles. The van der Waals surface area contributed by atoms with E-state index in [0.29, 0.717) is 21.8 Å². The van der Waals surface area contributed by atoms with E-state index < -0.39 is 23.7 Å². The molecule has 1 aliphatic rings. The molecule has 0 bridgehead atoms. The number of benzene rings is 2. The molecule has 35 heavy (non-hydrogen) atoms. The van der Waals surface area contributed by atoms with Crippen LogP contribution < -0.4 is 4.90 Å². The minimum Gasteiger partial charge on any atom is -0.507 e. The number of Topliss-reactive ketones (excluding diaryl/α,β-unsaturated/α-hetero) is 1. The standard InChI is InChI=1S/C25H20Cl2N2O5S/c1-4-34-24(33)22-13(3)28-25(35-22)29-19(15-9-10-16(26)17(27)11-15)18(21(31)23(29)32)20(30)14-7-5-12(2)6-8-14/h5-11,19,30H,4H2,1-3H3/t19-/m1/s1. The maximum atomic E-state index is 13.3. The Morgan fingerprint density at radius 2 is 1.80 bits per heavy atom. The van der Waals surface area contributed by atoms with Crippen molar-refractivity contribution in [1.29, 1.82) is 0 Å². The molecule has 7 nitrogen and oxygen atoms in total. The summed E-state index contributed by atoms with van der Waals surface area (Å²) in [6.07, 6.45) is 0. The van der Waals surface area contributed by atoms with Crippen molar-refractivity contribution >= 4 is 63.1 Å². The van der Waals surface area contributed by atoms with Crippen molar-refractivity contribution in [3.8, 4) is 0 Å². The van der Waals surface area contributed by atoms with E-state index in [0.717, 1.165) is 16.9 Å². The number of halogens is 2. The third kappa shape index (κ3) is 4.57. The number of hydrogen-bond acceptors (Lipinski definition) is 7. The van der Waals surface area contributed by atoms with E-state index in [4.69, 9.17) is 27.9 Å². The van der Waals surface area contributed by atoms with Crippen LogP contribution in [-0.4, -0.2) is 34.4 Å². The number of carbonyl (C=O) groups is 3. The van der Waals surface area contributed by atoms with Gasteiger partial charge in [0.1, 0.15) is 10.6 Å². The summed E-state index contributed by atoms with van der Waals surface area (Å²) in [5, 5.41) is 11.8. The number of aromatic nitrogens is 1. The number of nitrogens with zero attached hydrogens (tertiary/aromatic N) is 2. The molecule has 1 amide bonds. The highest BCUT2D eigenvalue weighted by Crippen LogP contribution is 2.44. The first-order valence-electron chi connectivity index (χ1n) is 10.6. The predicted molar refractivity (Wildman–Crippen MR) is 135 cm³/mol. The fourth-order valence-corrected chi connectivity index (χ4v) is 5.06. The number of aryl methyl sites for hydroxylation is 2. The average Bonchev–Trinajstić information content (AvgIpc) is 3.33. The summed E-state index contributed by atoms with van der Waals surface area (Å²) in [7, 11) is 0. The van der Waals surface area contributed by atoms with Gasteiger partial charge in [0.2, 0.25) is 0 Å². The van der Waals surface area contributed by atoms with Gasteiger partial charge in [0.05, 0.1) is 34.0 Å². The van der Waals surface area contributed by atoms with E-state index in [1.165, 1.54) is 11.0 Å². The number of esters is 1. The number of rotatable bonds is 5. The summed E-state index contributed by atoms with van der Waals surface area (Å²) in [5.41, 5.74) is 2.02. The number of aliphatic hydroxyl groups excluding tert-OH is 1. The summed E-state index contributed by atoms with van der Waals surface area (Å²) in [6, 6.07) is 10.5. The molecule has 1 N–H and O–H groups in total. The van der Waals surface area contributed by atoms with Gasteiger partial charge in [0, 0.05) is 5.56 Å². The highest BCUT2D eigenvalue weighted by Gasteiger charge is 2.48. The second kappa shape index (κ2) is 9.81. The zero-order chi connectivity index (χ0) is 25.4. The third-order valence-corrected chi connectivity index (χ3v) is 7.36. The molecule has 1 aliphatic heterocycles. The first kappa shape index (κ1) is 24.9. The number of ketones is 1. The van der Waals surface area contributed by atoms with Gasteiger partial charge < -0.3 is 9.84 Å². The lowest BCUT2D eigenvalue weighted by atomic mass is 9.95. The fraction of sp³-hybridized carbons (Fsp3) is 0.200.